The van der Waals surface area contributed by atoms with Gasteiger partial charge in [0, 0.05) is 31.9 Å². The summed E-state index contributed by atoms with van der Waals surface area (Å²) in [4.78, 5) is 10.8. The van der Waals surface area contributed by atoms with Crippen molar-refractivity contribution in [2.45, 2.75) is 32.4 Å². The van der Waals surface area contributed by atoms with Crippen LogP contribution in [-0.4, -0.2) is 49.3 Å². The van der Waals surface area contributed by atoms with Crippen LogP contribution in [0.25, 0.3) is 0 Å². The van der Waals surface area contributed by atoms with Crippen LogP contribution in [0.1, 0.15) is 20.3 Å². The molecule has 1 aromatic carbocycles. The Morgan fingerprint density at radius 3 is 2.83 bits per heavy atom. The molecule has 29 heavy (non-hydrogen) atoms. The molecule has 0 amide bonds. The van der Waals surface area contributed by atoms with Crippen molar-refractivity contribution in [2.24, 2.45) is 4.99 Å². The predicted molar refractivity (Wildman–Crippen MR) is 126 cm³/mol. The molecular formula is C21H29FIN5O. The average Bonchev–Trinajstić information content (AvgIpc) is 3.16. The lowest BCUT2D eigenvalue weighted by atomic mass is 10.3. The predicted octanol–water partition coefficient (Wildman–Crippen LogP) is 3.44. The van der Waals surface area contributed by atoms with Crippen LogP contribution in [-0.2, 0) is 0 Å². The lowest BCUT2D eigenvalue weighted by molar-refractivity contribution is 0.230. The topological polar surface area (TPSA) is 61.8 Å². The summed E-state index contributed by atoms with van der Waals surface area (Å²) >= 11 is 0. The summed E-state index contributed by atoms with van der Waals surface area (Å²) in [5, 5.41) is 6.72. The highest BCUT2D eigenvalue weighted by atomic mass is 127. The van der Waals surface area contributed by atoms with Gasteiger partial charge in [-0.15, -0.1) is 24.0 Å². The third-order valence-electron chi connectivity index (χ3n) is 4.50. The van der Waals surface area contributed by atoms with Crippen LogP contribution < -0.4 is 20.3 Å². The standard InChI is InChI=1S/C21H28FN5O.HI/c1-3-23-21(25-14-16(2)28-18-8-5-4-6-9-18)26-17-11-13-27(15-17)20-19(22)10-7-12-24-20;/h4-10,12,16-17H,3,11,13-15H2,1-2H3,(H2,23,25,26);1H. The zero-order valence-electron chi connectivity index (χ0n) is 16.8. The van der Waals surface area contributed by atoms with E-state index in [0.717, 1.165) is 31.2 Å². The van der Waals surface area contributed by atoms with Crippen molar-refractivity contribution in [3.8, 4) is 5.75 Å². The second-order valence-electron chi connectivity index (χ2n) is 6.85. The van der Waals surface area contributed by atoms with E-state index in [4.69, 9.17) is 4.74 Å². The van der Waals surface area contributed by atoms with Gasteiger partial charge in [0.2, 0.25) is 0 Å². The smallest absolute Gasteiger partial charge is 0.191 e. The van der Waals surface area contributed by atoms with E-state index in [9.17, 15) is 4.39 Å². The first kappa shape index (κ1) is 23.2. The quantitative estimate of drug-likeness (QED) is 0.338. The molecule has 6 nitrogen and oxygen atoms in total. The first-order chi connectivity index (χ1) is 13.7. The number of nitrogens with one attached hydrogen (secondary N) is 2. The highest BCUT2D eigenvalue weighted by Crippen LogP contribution is 2.20. The summed E-state index contributed by atoms with van der Waals surface area (Å²) in [6.45, 7) is 6.79. The van der Waals surface area contributed by atoms with Crippen LogP contribution in [0, 0.1) is 5.82 Å². The van der Waals surface area contributed by atoms with Crippen molar-refractivity contribution in [1.82, 2.24) is 15.6 Å². The van der Waals surface area contributed by atoms with E-state index in [0.29, 0.717) is 18.9 Å². The molecule has 1 saturated heterocycles. The number of halogens is 2. The summed E-state index contributed by atoms with van der Waals surface area (Å²) in [5.41, 5.74) is 0. The fourth-order valence-electron chi connectivity index (χ4n) is 3.18. The number of para-hydroxylation sites is 1. The molecular weight excluding hydrogens is 484 g/mol. The molecule has 2 heterocycles. The Morgan fingerprint density at radius 1 is 1.31 bits per heavy atom. The maximum absolute atomic E-state index is 14.0. The van der Waals surface area contributed by atoms with Gasteiger partial charge in [0.15, 0.2) is 17.6 Å². The van der Waals surface area contributed by atoms with Crippen LogP contribution in [0.15, 0.2) is 53.7 Å². The van der Waals surface area contributed by atoms with Gasteiger partial charge in [-0.1, -0.05) is 18.2 Å². The Labute approximate surface area is 189 Å². The highest BCUT2D eigenvalue weighted by molar-refractivity contribution is 14.0. The summed E-state index contributed by atoms with van der Waals surface area (Å²) < 4.78 is 19.8. The molecule has 1 aliphatic rings. The normalized spacial score (nSPS) is 17.4. The second kappa shape index (κ2) is 11.8. The third kappa shape index (κ3) is 7.02. The second-order valence-corrected chi connectivity index (χ2v) is 6.85. The minimum Gasteiger partial charge on any atom is -0.489 e. The maximum Gasteiger partial charge on any atom is 0.191 e. The summed E-state index contributed by atoms with van der Waals surface area (Å²) in [6.07, 6.45) is 2.48. The van der Waals surface area contributed by atoms with Crippen LogP contribution in [0.4, 0.5) is 10.2 Å². The van der Waals surface area contributed by atoms with Crippen molar-refractivity contribution in [3.05, 3.63) is 54.5 Å². The molecule has 0 saturated carbocycles. The Kier molecular flexibility index (Phi) is 9.43. The van der Waals surface area contributed by atoms with Gasteiger partial charge in [0.05, 0.1) is 6.54 Å². The van der Waals surface area contributed by atoms with Gasteiger partial charge >= 0.3 is 0 Å². The van der Waals surface area contributed by atoms with E-state index >= 15 is 0 Å². The fraction of sp³-hybridized carbons (Fsp3) is 0.429. The monoisotopic (exact) mass is 513 g/mol. The Bertz CT molecular complexity index is 777. The molecule has 1 aromatic heterocycles. The van der Waals surface area contributed by atoms with Gasteiger partial charge in [-0.25, -0.2) is 14.4 Å². The number of hydrogen-bond acceptors (Lipinski definition) is 4. The van der Waals surface area contributed by atoms with Gasteiger partial charge in [-0.05, 0) is 44.5 Å². The number of rotatable bonds is 7. The van der Waals surface area contributed by atoms with Crippen molar-refractivity contribution < 1.29 is 9.13 Å². The van der Waals surface area contributed by atoms with Gasteiger partial charge in [0.1, 0.15) is 11.9 Å². The zero-order chi connectivity index (χ0) is 19.8. The molecule has 0 aliphatic carbocycles. The number of nitrogens with zero attached hydrogens (tertiary/aromatic N) is 3. The van der Waals surface area contributed by atoms with Crippen LogP contribution in [0.5, 0.6) is 5.75 Å². The largest absolute Gasteiger partial charge is 0.489 e. The Morgan fingerprint density at radius 2 is 2.10 bits per heavy atom. The van der Waals surface area contributed by atoms with E-state index in [-0.39, 0.29) is 41.9 Å². The average molecular weight is 513 g/mol. The Balaban J connectivity index is 0.00000300. The van der Waals surface area contributed by atoms with Crippen molar-refractivity contribution in [3.63, 3.8) is 0 Å². The molecule has 2 unspecified atom stereocenters. The molecule has 0 radical (unpaired) electrons. The first-order valence-electron chi connectivity index (χ1n) is 9.77. The van der Waals surface area contributed by atoms with Crippen molar-refractivity contribution >= 4 is 35.8 Å². The molecule has 2 atom stereocenters. The lowest BCUT2D eigenvalue weighted by Gasteiger charge is -2.20. The summed E-state index contributed by atoms with van der Waals surface area (Å²) in [7, 11) is 0. The van der Waals surface area contributed by atoms with Crippen molar-refractivity contribution in [1.29, 1.82) is 0 Å². The number of ether oxygens (including phenoxy) is 1. The number of benzene rings is 1. The number of anilines is 1. The first-order valence-corrected chi connectivity index (χ1v) is 9.77. The van der Waals surface area contributed by atoms with Crippen molar-refractivity contribution in [2.75, 3.05) is 31.1 Å². The minimum absolute atomic E-state index is 0. The van der Waals surface area contributed by atoms with Crippen LogP contribution in [0.3, 0.4) is 0 Å². The molecule has 158 valence electrons. The Hall–Kier alpha value is -2.10. The number of guanidine groups is 1. The van der Waals surface area contributed by atoms with Gasteiger partial charge < -0.3 is 20.3 Å². The third-order valence-corrected chi connectivity index (χ3v) is 4.50. The van der Waals surface area contributed by atoms with E-state index in [1.807, 2.05) is 49.1 Å². The number of aliphatic imine (C=N–C) groups is 1. The van der Waals surface area contributed by atoms with Crippen LogP contribution in [0.2, 0.25) is 0 Å². The SMILES string of the molecule is CCNC(=NCC(C)Oc1ccccc1)NC1CCN(c2ncccc2F)C1.I. The van der Waals surface area contributed by atoms with Gasteiger partial charge in [-0.3, -0.25) is 0 Å². The van der Waals surface area contributed by atoms with E-state index in [1.54, 1.807) is 12.3 Å². The van der Waals surface area contributed by atoms with E-state index < -0.39 is 0 Å². The molecule has 3 rings (SSSR count). The van der Waals surface area contributed by atoms with Gasteiger partial charge in [0.25, 0.3) is 0 Å². The molecule has 8 heteroatoms. The number of hydrogen-bond donors (Lipinski definition) is 2. The molecule has 1 aliphatic heterocycles. The number of pyridine rings is 1. The molecule has 0 bridgehead atoms. The molecule has 2 N–H and O–H groups in total. The maximum atomic E-state index is 14.0. The molecule has 0 spiro atoms. The number of aromatic nitrogens is 1. The lowest BCUT2D eigenvalue weighted by Crippen LogP contribution is -2.45. The molecule has 1 fully saturated rings. The highest BCUT2D eigenvalue weighted by Gasteiger charge is 2.26. The summed E-state index contributed by atoms with van der Waals surface area (Å²) in [5.74, 6) is 1.72. The van der Waals surface area contributed by atoms with E-state index in [2.05, 4.69) is 20.6 Å². The van der Waals surface area contributed by atoms with Gasteiger partial charge in [-0.2, -0.15) is 0 Å². The summed E-state index contributed by atoms with van der Waals surface area (Å²) in [6, 6.07) is 13.0. The fourth-order valence-corrected chi connectivity index (χ4v) is 3.18. The minimum atomic E-state index is -0.282. The molecule has 2 aromatic rings. The van der Waals surface area contributed by atoms with Crippen LogP contribution >= 0.6 is 24.0 Å². The zero-order valence-corrected chi connectivity index (χ0v) is 19.2. The van der Waals surface area contributed by atoms with E-state index in [1.165, 1.54) is 6.07 Å².